The highest BCUT2D eigenvalue weighted by atomic mass is 16.5. The number of amides is 2. The lowest BCUT2D eigenvalue weighted by molar-refractivity contribution is -0.133. The molecule has 0 bridgehead atoms. The highest BCUT2D eigenvalue weighted by Crippen LogP contribution is 2.21. The fourth-order valence-electron chi connectivity index (χ4n) is 3.13. The lowest BCUT2D eigenvalue weighted by Gasteiger charge is -2.15. The van der Waals surface area contributed by atoms with Crippen molar-refractivity contribution in [2.24, 2.45) is 0 Å². The zero-order valence-corrected chi connectivity index (χ0v) is 22.2. The maximum Gasteiger partial charge on any atom is 0.411 e. The zero-order chi connectivity index (χ0) is 28.0. The van der Waals surface area contributed by atoms with E-state index in [1.807, 2.05) is 13.0 Å². The molecule has 0 saturated heterocycles. The number of rotatable bonds is 18. The molecule has 0 aromatic heterocycles. The van der Waals surface area contributed by atoms with Gasteiger partial charge in [-0.2, -0.15) is 0 Å². The summed E-state index contributed by atoms with van der Waals surface area (Å²) in [4.78, 5) is 35.2. The summed E-state index contributed by atoms with van der Waals surface area (Å²) < 4.78 is 10.7. The molecule has 38 heavy (non-hydrogen) atoms. The molecule has 0 radical (unpaired) electrons. The number of carbonyl (C=O) groups is 3. The second-order valence-electron chi connectivity index (χ2n) is 8.15. The van der Waals surface area contributed by atoms with E-state index >= 15 is 0 Å². The van der Waals surface area contributed by atoms with Crippen LogP contribution in [0.15, 0.2) is 66.8 Å². The summed E-state index contributed by atoms with van der Waals surface area (Å²) in [5.41, 5.74) is -0.190. The molecule has 0 saturated carbocycles. The van der Waals surface area contributed by atoms with Crippen molar-refractivity contribution >= 4 is 23.7 Å². The van der Waals surface area contributed by atoms with Crippen LogP contribution < -0.4 is 10.6 Å². The third-order valence-electron chi connectivity index (χ3n) is 5.09. The molecule has 1 unspecified atom stereocenters. The van der Waals surface area contributed by atoms with Gasteiger partial charge in [0.05, 0.1) is 13.2 Å². The van der Waals surface area contributed by atoms with Gasteiger partial charge in [0.1, 0.15) is 24.0 Å². The number of carbonyl (C=O) groups excluding carboxylic acids is 2. The minimum absolute atomic E-state index is 0.0835. The number of carboxylic acid groups (broad SMARTS) is 1. The molecule has 9 heteroatoms. The van der Waals surface area contributed by atoms with Crippen LogP contribution in [0.3, 0.4) is 0 Å². The maximum absolute atomic E-state index is 12.3. The first-order valence-corrected chi connectivity index (χ1v) is 12.9. The van der Waals surface area contributed by atoms with E-state index in [9.17, 15) is 19.5 Å². The predicted octanol–water partition coefficient (Wildman–Crippen LogP) is 5.75. The number of benzene rings is 1. The Kier molecular flexibility index (Phi) is 17.1. The van der Waals surface area contributed by atoms with Crippen LogP contribution >= 0.6 is 0 Å². The average molecular weight is 529 g/mol. The molecule has 0 fully saturated rings. The van der Waals surface area contributed by atoms with Gasteiger partial charge < -0.3 is 25.0 Å². The van der Waals surface area contributed by atoms with E-state index in [0.717, 1.165) is 37.8 Å². The topological polar surface area (TPSA) is 134 Å². The third kappa shape index (κ3) is 14.6. The summed E-state index contributed by atoms with van der Waals surface area (Å²) in [6.07, 6.45) is 20.6. The summed E-state index contributed by atoms with van der Waals surface area (Å²) >= 11 is 0. The molecule has 4 N–H and O–H groups in total. The number of nitrogens with one attached hydrogen (secondary N) is 2. The Morgan fingerprint density at radius 3 is 2.16 bits per heavy atom. The van der Waals surface area contributed by atoms with E-state index in [0.29, 0.717) is 19.4 Å². The average Bonchev–Trinajstić information content (AvgIpc) is 2.89. The quantitative estimate of drug-likeness (QED) is 0.108. The highest BCUT2D eigenvalue weighted by Gasteiger charge is 2.16. The van der Waals surface area contributed by atoms with Crippen molar-refractivity contribution in [1.29, 1.82) is 0 Å². The van der Waals surface area contributed by atoms with Crippen LogP contribution in [0.25, 0.3) is 0 Å². The Bertz CT molecular complexity index is 983. The smallest absolute Gasteiger partial charge is 0.411 e. The number of aromatic hydroxyl groups is 1. The molecule has 1 aromatic carbocycles. The first-order valence-electron chi connectivity index (χ1n) is 12.9. The molecular formula is C29H40N2O7. The van der Waals surface area contributed by atoms with Gasteiger partial charge in [-0.3, -0.25) is 10.1 Å². The Labute approximate surface area is 224 Å². The predicted molar refractivity (Wildman–Crippen MR) is 148 cm³/mol. The van der Waals surface area contributed by atoms with Crippen molar-refractivity contribution in [3.05, 3.63) is 72.4 Å². The number of allylic oxidation sites excluding steroid dienone is 7. The zero-order valence-electron chi connectivity index (χ0n) is 22.2. The fourth-order valence-corrected chi connectivity index (χ4v) is 3.13. The van der Waals surface area contributed by atoms with Gasteiger partial charge in [0.15, 0.2) is 0 Å². The van der Waals surface area contributed by atoms with E-state index in [1.165, 1.54) is 6.07 Å². The minimum atomic E-state index is -1.33. The molecule has 0 spiro atoms. The van der Waals surface area contributed by atoms with Crippen molar-refractivity contribution in [3.63, 3.8) is 0 Å². The standard InChI is InChI=1S/C29H40N2O7/c1-3-5-6-7-8-9-10-11-12-13-14-15-16-20-37-26(4-2)27(33)30-19-21-38-29(36)31-23-17-18-25(32)24(22-23)28(34)35/h5-6,8-9,11-12,14-15,17-18,22,26,32H,3-4,7,10,13,16,19-21H2,1-2H3,(H,30,33)(H,31,36)(H,34,35). The molecule has 1 aromatic rings. The summed E-state index contributed by atoms with van der Waals surface area (Å²) in [7, 11) is 0. The van der Waals surface area contributed by atoms with E-state index in [2.05, 4.69) is 60.1 Å². The third-order valence-corrected chi connectivity index (χ3v) is 5.09. The highest BCUT2D eigenvalue weighted by molar-refractivity contribution is 5.94. The molecule has 1 atom stereocenters. The summed E-state index contributed by atoms with van der Waals surface area (Å²) in [6, 6.07) is 3.61. The fraction of sp³-hybridized carbons (Fsp3) is 0.414. The number of hydrogen-bond acceptors (Lipinski definition) is 6. The molecule has 0 aliphatic carbocycles. The van der Waals surface area contributed by atoms with E-state index in [4.69, 9.17) is 14.6 Å². The number of carboxylic acids is 1. The van der Waals surface area contributed by atoms with Gasteiger partial charge in [0.25, 0.3) is 0 Å². The molecule has 208 valence electrons. The van der Waals surface area contributed by atoms with Crippen molar-refractivity contribution < 1.29 is 34.1 Å². The van der Waals surface area contributed by atoms with Crippen LogP contribution in [0, 0.1) is 0 Å². The lowest BCUT2D eigenvalue weighted by Crippen LogP contribution is -2.38. The molecule has 9 nitrogen and oxygen atoms in total. The van der Waals surface area contributed by atoms with Crippen molar-refractivity contribution in [2.45, 2.75) is 58.5 Å². The minimum Gasteiger partial charge on any atom is -0.507 e. The molecule has 0 aliphatic rings. The van der Waals surface area contributed by atoms with Gasteiger partial charge in [-0.1, -0.05) is 62.5 Å². The first-order chi connectivity index (χ1) is 18.4. The lowest BCUT2D eigenvalue weighted by atomic mass is 10.2. The van der Waals surface area contributed by atoms with Gasteiger partial charge in [0.2, 0.25) is 5.91 Å². The van der Waals surface area contributed by atoms with Gasteiger partial charge in [-0.05, 0) is 56.7 Å². The largest absolute Gasteiger partial charge is 0.507 e. The molecule has 1 rings (SSSR count). The Hall–Kier alpha value is -3.85. The molecule has 0 heterocycles. The summed E-state index contributed by atoms with van der Waals surface area (Å²) in [6.45, 7) is 4.41. The SMILES string of the molecule is CCC=CCC=CCC=CCC=CCCOC(CC)C(=O)NCCOC(=O)Nc1ccc(O)c(C(=O)O)c1. The second kappa shape index (κ2) is 20.2. The first kappa shape index (κ1) is 32.2. The van der Waals surface area contributed by atoms with Crippen LogP contribution in [-0.2, 0) is 14.3 Å². The van der Waals surface area contributed by atoms with Crippen LogP contribution in [0.2, 0.25) is 0 Å². The Morgan fingerprint density at radius 1 is 0.921 bits per heavy atom. The Balaban J connectivity index is 2.19. The van der Waals surface area contributed by atoms with Crippen molar-refractivity contribution in [3.8, 4) is 5.75 Å². The summed E-state index contributed by atoms with van der Waals surface area (Å²) in [5.74, 6) is -2.02. The van der Waals surface area contributed by atoms with Crippen molar-refractivity contribution in [1.82, 2.24) is 5.32 Å². The monoisotopic (exact) mass is 528 g/mol. The maximum atomic E-state index is 12.3. The molecular weight excluding hydrogens is 488 g/mol. The van der Waals surface area contributed by atoms with Gasteiger partial charge in [0, 0.05) is 5.69 Å². The number of aromatic carboxylic acids is 1. The number of anilines is 1. The van der Waals surface area contributed by atoms with Crippen LogP contribution in [-0.4, -0.2) is 54.0 Å². The van der Waals surface area contributed by atoms with E-state index in [-0.39, 0.29) is 30.3 Å². The van der Waals surface area contributed by atoms with Crippen molar-refractivity contribution in [2.75, 3.05) is 25.1 Å². The number of ether oxygens (including phenoxy) is 2. The molecule has 2 amide bonds. The van der Waals surface area contributed by atoms with E-state index in [1.54, 1.807) is 0 Å². The van der Waals surface area contributed by atoms with E-state index < -0.39 is 23.9 Å². The van der Waals surface area contributed by atoms with Gasteiger partial charge in [-0.15, -0.1) is 0 Å². The van der Waals surface area contributed by atoms with Crippen LogP contribution in [0.1, 0.15) is 62.7 Å². The molecule has 0 aliphatic heterocycles. The van der Waals surface area contributed by atoms with Crippen LogP contribution in [0.4, 0.5) is 10.5 Å². The second-order valence-corrected chi connectivity index (χ2v) is 8.15. The normalized spacial score (nSPS) is 12.5. The Morgan fingerprint density at radius 2 is 1.55 bits per heavy atom. The van der Waals surface area contributed by atoms with Gasteiger partial charge in [-0.25, -0.2) is 9.59 Å². The summed E-state index contributed by atoms with van der Waals surface area (Å²) in [5, 5.41) is 23.6. The van der Waals surface area contributed by atoms with Gasteiger partial charge >= 0.3 is 12.1 Å². The number of phenols is 1. The number of hydrogen-bond donors (Lipinski definition) is 4. The van der Waals surface area contributed by atoms with Crippen LogP contribution in [0.5, 0.6) is 5.75 Å².